The highest BCUT2D eigenvalue weighted by Gasteiger charge is 2.15. The largest absolute Gasteiger partial charge is 0.478 e. The highest BCUT2D eigenvalue weighted by atomic mass is 19.1. The van der Waals surface area contributed by atoms with E-state index < -0.39 is 11.8 Å². The number of rotatable bonds is 2. The van der Waals surface area contributed by atoms with Gasteiger partial charge in [-0.05, 0) is 12.1 Å². The maximum atomic E-state index is 13.8. The third kappa shape index (κ3) is 1.75. The van der Waals surface area contributed by atoms with Gasteiger partial charge in [-0.3, -0.25) is 9.97 Å². The number of carboxylic acid groups (broad SMARTS) is 1. The fourth-order valence-electron chi connectivity index (χ4n) is 1.33. The van der Waals surface area contributed by atoms with Crippen molar-refractivity contribution in [1.29, 1.82) is 0 Å². The Bertz CT molecular complexity index is 529. The lowest BCUT2D eigenvalue weighted by atomic mass is 10.1. The Balaban J connectivity index is 2.59. The first-order valence-corrected chi connectivity index (χ1v) is 4.48. The van der Waals surface area contributed by atoms with E-state index in [0.29, 0.717) is 5.69 Å². The Morgan fingerprint density at radius 3 is 2.75 bits per heavy atom. The van der Waals surface area contributed by atoms with E-state index in [4.69, 9.17) is 5.11 Å². The lowest BCUT2D eigenvalue weighted by Gasteiger charge is -2.03. The summed E-state index contributed by atoms with van der Waals surface area (Å²) in [5.41, 5.74) is 0.0688. The van der Waals surface area contributed by atoms with Gasteiger partial charge in [-0.15, -0.1) is 0 Å². The molecule has 0 aliphatic carbocycles. The Kier molecular flexibility index (Phi) is 2.59. The summed E-state index contributed by atoms with van der Waals surface area (Å²) in [6, 6.07) is 4.14. The highest BCUT2D eigenvalue weighted by Crippen LogP contribution is 2.22. The summed E-state index contributed by atoms with van der Waals surface area (Å²) < 4.78 is 13.8. The van der Waals surface area contributed by atoms with Gasteiger partial charge in [0.05, 0.1) is 17.5 Å². The van der Waals surface area contributed by atoms with Crippen LogP contribution in [0.25, 0.3) is 11.3 Å². The minimum atomic E-state index is -1.30. The number of hydrogen-bond donors (Lipinski definition) is 1. The van der Waals surface area contributed by atoms with Crippen molar-refractivity contribution < 1.29 is 14.3 Å². The second-order valence-electron chi connectivity index (χ2n) is 3.06. The van der Waals surface area contributed by atoms with Gasteiger partial charge in [-0.25, -0.2) is 9.18 Å². The Morgan fingerprint density at radius 2 is 2.12 bits per heavy atom. The first-order chi connectivity index (χ1) is 7.70. The van der Waals surface area contributed by atoms with Crippen molar-refractivity contribution >= 4 is 5.97 Å². The second-order valence-corrected chi connectivity index (χ2v) is 3.06. The molecule has 1 heterocycles. The van der Waals surface area contributed by atoms with Crippen LogP contribution >= 0.6 is 0 Å². The van der Waals surface area contributed by atoms with E-state index in [9.17, 15) is 9.18 Å². The summed E-state index contributed by atoms with van der Waals surface area (Å²) in [5, 5.41) is 8.76. The van der Waals surface area contributed by atoms with Crippen molar-refractivity contribution in [3.05, 3.63) is 48.2 Å². The lowest BCUT2D eigenvalue weighted by molar-refractivity contribution is 0.0692. The van der Waals surface area contributed by atoms with E-state index in [1.165, 1.54) is 36.8 Å². The third-order valence-electron chi connectivity index (χ3n) is 2.07. The molecule has 0 aliphatic heterocycles. The molecule has 2 rings (SSSR count). The minimum absolute atomic E-state index is 0.132. The van der Waals surface area contributed by atoms with Crippen molar-refractivity contribution in [3.8, 4) is 11.3 Å². The maximum Gasteiger partial charge on any atom is 0.338 e. The fourth-order valence-corrected chi connectivity index (χ4v) is 1.33. The summed E-state index contributed by atoms with van der Waals surface area (Å²) in [6.45, 7) is 0. The van der Waals surface area contributed by atoms with Gasteiger partial charge >= 0.3 is 5.97 Å². The van der Waals surface area contributed by atoms with Crippen molar-refractivity contribution in [2.75, 3.05) is 0 Å². The molecule has 1 N–H and O–H groups in total. The molecule has 0 aliphatic rings. The standard InChI is InChI=1S/C11H7FN2O2/c12-10-7(9-6-13-4-5-14-9)2-1-3-8(10)11(15)16/h1-6H,(H,15,16). The van der Waals surface area contributed by atoms with Crippen LogP contribution in [0.1, 0.15) is 10.4 Å². The first-order valence-electron chi connectivity index (χ1n) is 4.48. The second kappa shape index (κ2) is 4.06. The van der Waals surface area contributed by atoms with Crippen LogP contribution in [-0.4, -0.2) is 21.0 Å². The molecule has 0 radical (unpaired) electrons. The molecule has 0 saturated carbocycles. The van der Waals surface area contributed by atoms with E-state index in [1.54, 1.807) is 0 Å². The molecule has 0 saturated heterocycles. The summed E-state index contributed by atoms with van der Waals surface area (Å²) >= 11 is 0. The topological polar surface area (TPSA) is 63.1 Å². The molecular weight excluding hydrogens is 211 g/mol. The smallest absolute Gasteiger partial charge is 0.338 e. The number of nitrogens with zero attached hydrogens (tertiary/aromatic N) is 2. The number of benzene rings is 1. The van der Waals surface area contributed by atoms with Crippen LogP contribution in [0.4, 0.5) is 4.39 Å². The van der Waals surface area contributed by atoms with Crippen molar-refractivity contribution in [3.63, 3.8) is 0 Å². The molecule has 1 aromatic carbocycles. The molecule has 0 bridgehead atoms. The van der Waals surface area contributed by atoms with Crippen LogP contribution in [0.15, 0.2) is 36.8 Å². The third-order valence-corrected chi connectivity index (χ3v) is 2.07. The van der Waals surface area contributed by atoms with E-state index in [1.807, 2.05) is 0 Å². The average molecular weight is 218 g/mol. The highest BCUT2D eigenvalue weighted by molar-refractivity contribution is 5.89. The molecule has 0 spiro atoms. The predicted octanol–water partition coefficient (Wildman–Crippen LogP) is 1.98. The molecule has 80 valence electrons. The van der Waals surface area contributed by atoms with Gasteiger partial charge in [0.1, 0.15) is 5.82 Å². The Hall–Kier alpha value is -2.30. The molecule has 2 aromatic rings. The van der Waals surface area contributed by atoms with Crippen LogP contribution in [0, 0.1) is 5.82 Å². The summed E-state index contributed by atoms with van der Waals surface area (Å²) in [4.78, 5) is 18.4. The van der Waals surface area contributed by atoms with Crippen LogP contribution < -0.4 is 0 Å². The molecule has 0 atom stereocenters. The number of halogens is 1. The summed E-state index contributed by atoms with van der Waals surface area (Å²) in [6.07, 6.45) is 4.26. The first kappa shape index (κ1) is 10.2. The SMILES string of the molecule is O=C(O)c1cccc(-c2cnccn2)c1F. The molecule has 1 aromatic heterocycles. The number of hydrogen-bond acceptors (Lipinski definition) is 3. The number of carboxylic acids is 1. The fraction of sp³-hybridized carbons (Fsp3) is 0. The molecule has 4 nitrogen and oxygen atoms in total. The van der Waals surface area contributed by atoms with Crippen molar-refractivity contribution in [2.24, 2.45) is 0 Å². The predicted molar refractivity (Wildman–Crippen MR) is 54.4 cm³/mol. The van der Waals surface area contributed by atoms with Gasteiger partial charge in [-0.1, -0.05) is 6.07 Å². The molecule has 5 heteroatoms. The van der Waals surface area contributed by atoms with E-state index in [0.717, 1.165) is 0 Å². The molecule has 16 heavy (non-hydrogen) atoms. The Labute approximate surface area is 90.4 Å². The van der Waals surface area contributed by atoms with Gasteiger partial charge in [0.2, 0.25) is 0 Å². The molecular formula is C11H7FN2O2. The van der Waals surface area contributed by atoms with Gasteiger partial charge < -0.3 is 5.11 Å². The number of carbonyl (C=O) groups is 1. The van der Waals surface area contributed by atoms with Crippen LogP contribution in [0.2, 0.25) is 0 Å². The quantitative estimate of drug-likeness (QED) is 0.837. The van der Waals surface area contributed by atoms with E-state index in [-0.39, 0.29) is 11.1 Å². The number of aromatic nitrogens is 2. The van der Waals surface area contributed by atoms with Gasteiger partial charge in [-0.2, -0.15) is 0 Å². The lowest BCUT2D eigenvalue weighted by Crippen LogP contribution is -2.02. The zero-order valence-electron chi connectivity index (χ0n) is 8.09. The Morgan fingerprint density at radius 1 is 1.31 bits per heavy atom. The monoisotopic (exact) mass is 218 g/mol. The zero-order valence-corrected chi connectivity index (χ0v) is 8.09. The van der Waals surface area contributed by atoms with Crippen LogP contribution in [0.5, 0.6) is 0 Å². The average Bonchev–Trinajstić information content (AvgIpc) is 2.30. The van der Waals surface area contributed by atoms with Gasteiger partial charge in [0.25, 0.3) is 0 Å². The summed E-state index contributed by atoms with van der Waals surface area (Å²) in [7, 11) is 0. The van der Waals surface area contributed by atoms with Gasteiger partial charge in [0.15, 0.2) is 0 Å². The molecule has 0 fully saturated rings. The van der Waals surface area contributed by atoms with Crippen LogP contribution in [0.3, 0.4) is 0 Å². The van der Waals surface area contributed by atoms with Crippen molar-refractivity contribution in [2.45, 2.75) is 0 Å². The molecule has 0 amide bonds. The van der Waals surface area contributed by atoms with E-state index in [2.05, 4.69) is 9.97 Å². The summed E-state index contributed by atoms with van der Waals surface area (Å²) in [5.74, 6) is -2.10. The van der Waals surface area contributed by atoms with Crippen molar-refractivity contribution in [1.82, 2.24) is 9.97 Å². The normalized spacial score (nSPS) is 10.1. The van der Waals surface area contributed by atoms with Crippen LogP contribution in [-0.2, 0) is 0 Å². The zero-order chi connectivity index (χ0) is 11.5. The molecule has 0 unspecified atom stereocenters. The maximum absolute atomic E-state index is 13.8. The van der Waals surface area contributed by atoms with E-state index >= 15 is 0 Å². The van der Waals surface area contributed by atoms with Gasteiger partial charge in [0, 0.05) is 18.0 Å². The number of aromatic carboxylic acids is 1. The minimum Gasteiger partial charge on any atom is -0.478 e.